The molecule has 0 aromatic heterocycles. The molecule has 0 heterocycles. The van der Waals surface area contributed by atoms with Gasteiger partial charge in [-0.2, -0.15) is 0 Å². The maximum absolute atomic E-state index is 5.21. The molecule has 1 aromatic carbocycles. The van der Waals surface area contributed by atoms with Crippen molar-refractivity contribution in [2.75, 3.05) is 11.9 Å². The van der Waals surface area contributed by atoms with Gasteiger partial charge < -0.3 is 10.6 Å². The number of aryl methyl sites for hydroxylation is 1. The van der Waals surface area contributed by atoms with Crippen LogP contribution in [0.1, 0.15) is 25.3 Å². The van der Waals surface area contributed by atoms with E-state index in [9.17, 15) is 0 Å². The molecule has 0 radical (unpaired) electrons. The van der Waals surface area contributed by atoms with Crippen molar-refractivity contribution in [2.24, 2.45) is 0 Å². The van der Waals surface area contributed by atoms with E-state index in [1.807, 2.05) is 12.1 Å². The smallest absolute Gasteiger partial charge is 0.170 e. The van der Waals surface area contributed by atoms with E-state index >= 15 is 0 Å². The summed E-state index contributed by atoms with van der Waals surface area (Å²) in [6.45, 7) is 5.14. The fourth-order valence-corrected chi connectivity index (χ4v) is 1.86. The maximum Gasteiger partial charge on any atom is 0.170 e. The molecule has 2 nitrogen and oxygen atoms in total. The van der Waals surface area contributed by atoms with E-state index in [4.69, 9.17) is 12.2 Å². The maximum atomic E-state index is 5.21. The second-order valence-corrected chi connectivity index (χ2v) is 4.87. The summed E-state index contributed by atoms with van der Waals surface area (Å²) in [5, 5.41) is 7.04. The monoisotopic (exact) mass is 300 g/mol. The molecule has 2 N–H and O–H groups in total. The average molecular weight is 301 g/mol. The molecule has 16 heavy (non-hydrogen) atoms. The van der Waals surface area contributed by atoms with Crippen LogP contribution in [-0.2, 0) is 0 Å². The van der Waals surface area contributed by atoms with Crippen molar-refractivity contribution < 1.29 is 0 Å². The predicted molar refractivity (Wildman–Crippen MR) is 78.0 cm³/mol. The van der Waals surface area contributed by atoms with Crippen LogP contribution in [-0.4, -0.2) is 11.7 Å². The largest absolute Gasteiger partial charge is 0.362 e. The van der Waals surface area contributed by atoms with Gasteiger partial charge in [0.05, 0.1) is 5.69 Å². The Bertz CT molecular complexity index is 366. The highest BCUT2D eigenvalue weighted by atomic mass is 79.9. The molecule has 0 aliphatic heterocycles. The van der Waals surface area contributed by atoms with Crippen LogP contribution in [0.2, 0.25) is 0 Å². The highest BCUT2D eigenvalue weighted by molar-refractivity contribution is 9.10. The van der Waals surface area contributed by atoms with E-state index < -0.39 is 0 Å². The third-order valence-electron chi connectivity index (χ3n) is 2.26. The van der Waals surface area contributed by atoms with Crippen molar-refractivity contribution in [2.45, 2.75) is 26.7 Å². The van der Waals surface area contributed by atoms with E-state index in [1.165, 1.54) is 12.0 Å². The number of thiocarbonyl (C=S) groups is 1. The first-order chi connectivity index (χ1) is 7.65. The van der Waals surface area contributed by atoms with E-state index in [0.717, 1.165) is 23.1 Å². The average Bonchev–Trinajstić information content (AvgIpc) is 2.25. The van der Waals surface area contributed by atoms with E-state index in [-0.39, 0.29) is 0 Å². The van der Waals surface area contributed by atoms with Crippen LogP contribution < -0.4 is 10.6 Å². The van der Waals surface area contributed by atoms with Crippen LogP contribution in [0.15, 0.2) is 22.7 Å². The summed E-state index contributed by atoms with van der Waals surface area (Å²) in [5.74, 6) is 0. The van der Waals surface area contributed by atoms with Gasteiger partial charge >= 0.3 is 0 Å². The number of hydrogen-bond donors (Lipinski definition) is 2. The Balaban J connectivity index is 2.53. The summed E-state index contributed by atoms with van der Waals surface area (Å²) in [4.78, 5) is 0. The first-order valence-electron chi connectivity index (χ1n) is 5.45. The minimum absolute atomic E-state index is 0.680. The number of nitrogens with one attached hydrogen (secondary N) is 2. The molecule has 0 atom stereocenters. The van der Waals surface area contributed by atoms with Crippen molar-refractivity contribution in [1.82, 2.24) is 5.32 Å². The molecule has 0 aliphatic rings. The lowest BCUT2D eigenvalue weighted by atomic mass is 10.2. The van der Waals surface area contributed by atoms with Crippen molar-refractivity contribution in [3.05, 3.63) is 28.2 Å². The second-order valence-electron chi connectivity index (χ2n) is 3.67. The second kappa shape index (κ2) is 6.86. The highest BCUT2D eigenvalue weighted by Crippen LogP contribution is 2.25. The fourth-order valence-electron chi connectivity index (χ4n) is 1.29. The third-order valence-corrected chi connectivity index (χ3v) is 3.55. The van der Waals surface area contributed by atoms with Crippen molar-refractivity contribution in [1.29, 1.82) is 0 Å². The van der Waals surface area contributed by atoms with Gasteiger partial charge in [0.25, 0.3) is 0 Å². The summed E-state index contributed by atoms with van der Waals surface area (Å²) < 4.78 is 1.06. The van der Waals surface area contributed by atoms with E-state index in [2.05, 4.69) is 46.5 Å². The van der Waals surface area contributed by atoms with Crippen LogP contribution in [0.5, 0.6) is 0 Å². The summed E-state index contributed by atoms with van der Waals surface area (Å²) in [5.41, 5.74) is 2.20. The quantitative estimate of drug-likeness (QED) is 0.652. The standard InChI is InChI=1S/C12H17BrN2S/c1-3-4-8-14-12(16)15-10-7-5-6-9(2)11(10)13/h5-7H,3-4,8H2,1-2H3,(H2,14,15,16). The zero-order valence-corrected chi connectivity index (χ0v) is 12.0. The van der Waals surface area contributed by atoms with Gasteiger partial charge in [-0.3, -0.25) is 0 Å². The lowest BCUT2D eigenvalue weighted by molar-refractivity contribution is 0.758. The Kier molecular flexibility index (Phi) is 5.77. The Labute approximate surface area is 111 Å². The molecule has 0 saturated heterocycles. The van der Waals surface area contributed by atoms with Crippen LogP contribution >= 0.6 is 28.1 Å². The first-order valence-corrected chi connectivity index (χ1v) is 6.65. The van der Waals surface area contributed by atoms with E-state index in [0.29, 0.717) is 5.11 Å². The summed E-state index contributed by atoms with van der Waals surface area (Å²) in [6, 6.07) is 6.07. The zero-order valence-electron chi connectivity index (χ0n) is 9.64. The van der Waals surface area contributed by atoms with Gasteiger partial charge in [-0.15, -0.1) is 0 Å². The van der Waals surface area contributed by atoms with Gasteiger partial charge in [0.2, 0.25) is 0 Å². The van der Waals surface area contributed by atoms with Gasteiger partial charge in [0, 0.05) is 11.0 Å². The number of benzene rings is 1. The molecule has 0 spiro atoms. The lowest BCUT2D eigenvalue weighted by Gasteiger charge is -2.12. The Morgan fingerprint density at radius 3 is 2.88 bits per heavy atom. The SMILES string of the molecule is CCCCNC(=S)Nc1cccc(C)c1Br. The van der Waals surface area contributed by atoms with Gasteiger partial charge in [0.1, 0.15) is 0 Å². The van der Waals surface area contributed by atoms with Crippen LogP contribution in [0.4, 0.5) is 5.69 Å². The molecule has 0 bridgehead atoms. The number of anilines is 1. The molecular weight excluding hydrogens is 284 g/mol. The van der Waals surface area contributed by atoms with Gasteiger partial charge in [0.15, 0.2) is 5.11 Å². The molecule has 0 amide bonds. The molecule has 4 heteroatoms. The molecule has 0 unspecified atom stereocenters. The van der Waals surface area contributed by atoms with E-state index in [1.54, 1.807) is 0 Å². The Hall–Kier alpha value is -0.610. The molecule has 1 aromatic rings. The fraction of sp³-hybridized carbons (Fsp3) is 0.417. The van der Waals surface area contributed by atoms with Gasteiger partial charge in [-0.1, -0.05) is 25.5 Å². The van der Waals surface area contributed by atoms with Crippen molar-refractivity contribution in [3.63, 3.8) is 0 Å². The number of hydrogen-bond acceptors (Lipinski definition) is 1. The Morgan fingerprint density at radius 2 is 2.19 bits per heavy atom. The van der Waals surface area contributed by atoms with Crippen molar-refractivity contribution in [3.8, 4) is 0 Å². The lowest BCUT2D eigenvalue weighted by Crippen LogP contribution is -2.29. The van der Waals surface area contributed by atoms with Gasteiger partial charge in [-0.25, -0.2) is 0 Å². The minimum Gasteiger partial charge on any atom is -0.362 e. The molecular formula is C12H17BrN2S. The topological polar surface area (TPSA) is 24.1 Å². The predicted octanol–water partition coefficient (Wildman–Crippen LogP) is 3.84. The number of unbranched alkanes of at least 4 members (excludes halogenated alkanes) is 1. The van der Waals surface area contributed by atoms with Gasteiger partial charge in [-0.05, 0) is 53.1 Å². The van der Waals surface area contributed by atoms with Crippen LogP contribution in [0, 0.1) is 6.92 Å². The summed E-state index contributed by atoms with van der Waals surface area (Å²) in [6.07, 6.45) is 2.31. The van der Waals surface area contributed by atoms with Crippen molar-refractivity contribution >= 4 is 38.9 Å². The Morgan fingerprint density at radius 1 is 1.44 bits per heavy atom. The molecule has 0 fully saturated rings. The summed E-state index contributed by atoms with van der Waals surface area (Å²) >= 11 is 8.75. The summed E-state index contributed by atoms with van der Waals surface area (Å²) in [7, 11) is 0. The normalized spacial score (nSPS) is 9.94. The number of halogens is 1. The molecule has 0 saturated carbocycles. The number of rotatable bonds is 4. The van der Waals surface area contributed by atoms with Crippen LogP contribution in [0.25, 0.3) is 0 Å². The molecule has 0 aliphatic carbocycles. The molecule has 1 rings (SSSR count). The van der Waals surface area contributed by atoms with Crippen LogP contribution in [0.3, 0.4) is 0 Å². The highest BCUT2D eigenvalue weighted by Gasteiger charge is 2.03. The zero-order chi connectivity index (χ0) is 12.0. The first kappa shape index (κ1) is 13.5. The third kappa shape index (κ3) is 4.10. The minimum atomic E-state index is 0.680. The molecule has 88 valence electrons.